The van der Waals surface area contributed by atoms with E-state index in [1.54, 1.807) is 6.92 Å². The molecule has 16 heavy (non-hydrogen) atoms. The van der Waals surface area contributed by atoms with Crippen LogP contribution in [0.4, 0.5) is 0 Å². The zero-order valence-electron chi connectivity index (χ0n) is 10.5. The highest BCUT2D eigenvalue weighted by Gasteiger charge is 2.12. The predicted octanol–water partition coefficient (Wildman–Crippen LogP) is 3.32. The summed E-state index contributed by atoms with van der Waals surface area (Å²) in [6, 6.07) is 8.18. The zero-order chi connectivity index (χ0) is 12.2. The van der Waals surface area contributed by atoms with Crippen molar-refractivity contribution in [2.45, 2.75) is 45.6 Å². The molecule has 0 radical (unpaired) electrons. The first-order chi connectivity index (χ1) is 7.44. The summed E-state index contributed by atoms with van der Waals surface area (Å²) in [6.07, 6.45) is 0.643. The minimum absolute atomic E-state index is 0.508. The van der Waals surface area contributed by atoms with Crippen molar-refractivity contribution in [3.63, 3.8) is 0 Å². The molecule has 1 heteroatoms. The van der Waals surface area contributed by atoms with Crippen LogP contribution in [-0.4, -0.2) is 10.7 Å². The Morgan fingerprint density at radius 3 is 2.62 bits per heavy atom. The van der Waals surface area contributed by atoms with E-state index in [0.29, 0.717) is 12.3 Å². The second kappa shape index (κ2) is 5.18. The lowest BCUT2D eigenvalue weighted by Gasteiger charge is -2.12. The molecule has 1 nitrogen and oxygen atoms in total. The van der Waals surface area contributed by atoms with Crippen molar-refractivity contribution in [3.05, 3.63) is 35.4 Å². The van der Waals surface area contributed by atoms with Gasteiger partial charge < -0.3 is 5.11 Å². The first kappa shape index (κ1) is 12.8. The molecular weight excluding hydrogens is 196 g/mol. The van der Waals surface area contributed by atoms with Crippen molar-refractivity contribution < 1.29 is 5.11 Å². The molecule has 0 fully saturated rings. The largest absolute Gasteiger partial charge is 0.378 e. The lowest BCUT2D eigenvalue weighted by atomic mass is 10.00. The van der Waals surface area contributed by atoms with Crippen LogP contribution in [-0.2, 0) is 0 Å². The summed E-state index contributed by atoms with van der Waals surface area (Å²) in [6.45, 7) is 8.00. The summed E-state index contributed by atoms with van der Waals surface area (Å²) < 4.78 is 0. The normalized spacial score (nSPS) is 14.1. The van der Waals surface area contributed by atoms with Crippen LogP contribution in [0.2, 0.25) is 0 Å². The molecular formula is C15H20O. The third-order valence-electron chi connectivity index (χ3n) is 2.72. The fourth-order valence-corrected chi connectivity index (χ4v) is 1.27. The molecule has 0 aliphatic rings. The summed E-state index contributed by atoms with van der Waals surface area (Å²) >= 11 is 0. The molecule has 0 aliphatic carbocycles. The molecule has 0 amide bonds. The van der Waals surface area contributed by atoms with Crippen LogP contribution in [0.5, 0.6) is 0 Å². The first-order valence-electron chi connectivity index (χ1n) is 5.80. The van der Waals surface area contributed by atoms with Gasteiger partial charge in [-0.25, -0.2) is 0 Å². The Labute approximate surface area is 98.5 Å². The number of aliphatic hydroxyl groups is 1. The van der Waals surface area contributed by atoms with Gasteiger partial charge in [-0.3, -0.25) is 0 Å². The molecule has 86 valence electrons. The van der Waals surface area contributed by atoms with Gasteiger partial charge in [0.05, 0.1) is 0 Å². The number of hydrogen-bond acceptors (Lipinski definition) is 1. The summed E-state index contributed by atoms with van der Waals surface area (Å²) in [5.41, 5.74) is 1.37. The summed E-state index contributed by atoms with van der Waals surface area (Å²) in [7, 11) is 0. The fourth-order valence-electron chi connectivity index (χ4n) is 1.27. The van der Waals surface area contributed by atoms with Gasteiger partial charge in [-0.1, -0.05) is 44.7 Å². The Bertz CT molecular complexity index is 405. The summed E-state index contributed by atoms with van der Waals surface area (Å²) in [4.78, 5) is 0. The van der Waals surface area contributed by atoms with Crippen LogP contribution >= 0.6 is 0 Å². The van der Waals surface area contributed by atoms with E-state index >= 15 is 0 Å². The van der Waals surface area contributed by atoms with Gasteiger partial charge in [-0.05, 0) is 37.0 Å². The van der Waals surface area contributed by atoms with Gasteiger partial charge in [-0.2, -0.15) is 0 Å². The Hall–Kier alpha value is -1.26. The van der Waals surface area contributed by atoms with E-state index in [2.05, 4.69) is 37.8 Å². The summed E-state index contributed by atoms with van der Waals surface area (Å²) in [5.74, 6) is 6.44. The monoisotopic (exact) mass is 216 g/mol. The van der Waals surface area contributed by atoms with E-state index in [1.807, 2.05) is 19.1 Å². The van der Waals surface area contributed by atoms with Gasteiger partial charge in [0.25, 0.3) is 0 Å². The van der Waals surface area contributed by atoms with Crippen LogP contribution in [0.3, 0.4) is 0 Å². The highest BCUT2D eigenvalue weighted by molar-refractivity contribution is 5.39. The topological polar surface area (TPSA) is 20.2 Å². The van der Waals surface area contributed by atoms with Gasteiger partial charge in [0.2, 0.25) is 0 Å². The standard InChI is InChI=1S/C15H20O/c1-5-15(4,16)10-9-13-7-6-8-14(11-13)12(2)3/h6-8,11-12,16H,5H2,1-4H3. The molecule has 0 bridgehead atoms. The van der Waals surface area contributed by atoms with E-state index in [9.17, 15) is 5.11 Å². The van der Waals surface area contributed by atoms with E-state index in [0.717, 1.165) is 5.56 Å². The SMILES string of the molecule is CCC(C)(O)C#Cc1cccc(C(C)C)c1. The molecule has 0 aliphatic heterocycles. The van der Waals surface area contributed by atoms with Crippen LogP contribution in [0.1, 0.15) is 51.2 Å². The van der Waals surface area contributed by atoms with Crippen LogP contribution < -0.4 is 0 Å². The Balaban J connectivity index is 2.94. The van der Waals surface area contributed by atoms with Crippen molar-refractivity contribution in [1.29, 1.82) is 0 Å². The fraction of sp³-hybridized carbons (Fsp3) is 0.467. The molecule has 1 N–H and O–H groups in total. The first-order valence-corrected chi connectivity index (χ1v) is 5.80. The van der Waals surface area contributed by atoms with Gasteiger partial charge in [0.1, 0.15) is 5.60 Å². The maximum atomic E-state index is 9.79. The van der Waals surface area contributed by atoms with Gasteiger partial charge >= 0.3 is 0 Å². The van der Waals surface area contributed by atoms with Gasteiger partial charge in [-0.15, -0.1) is 0 Å². The molecule has 1 unspecified atom stereocenters. The van der Waals surface area contributed by atoms with Crippen LogP contribution in [0, 0.1) is 11.8 Å². The Morgan fingerprint density at radius 1 is 1.38 bits per heavy atom. The molecule has 0 spiro atoms. The van der Waals surface area contributed by atoms with Gasteiger partial charge in [0, 0.05) is 5.56 Å². The highest BCUT2D eigenvalue weighted by Crippen LogP contribution is 2.15. The third-order valence-corrected chi connectivity index (χ3v) is 2.72. The quantitative estimate of drug-likeness (QED) is 0.752. The average Bonchev–Trinajstić information content (AvgIpc) is 2.27. The Kier molecular flexibility index (Phi) is 4.15. The van der Waals surface area contributed by atoms with Crippen molar-refractivity contribution in [1.82, 2.24) is 0 Å². The second-order valence-electron chi connectivity index (χ2n) is 4.66. The molecule has 0 saturated carbocycles. The van der Waals surface area contributed by atoms with Crippen molar-refractivity contribution >= 4 is 0 Å². The highest BCUT2D eigenvalue weighted by atomic mass is 16.3. The minimum Gasteiger partial charge on any atom is -0.378 e. The molecule has 1 atom stereocenters. The van der Waals surface area contributed by atoms with Crippen LogP contribution in [0.15, 0.2) is 24.3 Å². The molecule has 1 aromatic carbocycles. The molecule has 0 heterocycles. The molecule has 1 rings (SSSR count). The van der Waals surface area contributed by atoms with E-state index in [1.165, 1.54) is 5.56 Å². The molecule has 0 aromatic heterocycles. The Morgan fingerprint density at radius 2 is 2.06 bits per heavy atom. The molecule has 0 saturated heterocycles. The molecule has 1 aromatic rings. The number of benzene rings is 1. The predicted molar refractivity (Wildman–Crippen MR) is 68.3 cm³/mol. The van der Waals surface area contributed by atoms with Crippen LogP contribution in [0.25, 0.3) is 0 Å². The average molecular weight is 216 g/mol. The number of hydrogen-bond donors (Lipinski definition) is 1. The lowest BCUT2D eigenvalue weighted by Crippen LogP contribution is -2.19. The second-order valence-corrected chi connectivity index (χ2v) is 4.66. The van der Waals surface area contributed by atoms with Crippen molar-refractivity contribution in [3.8, 4) is 11.8 Å². The zero-order valence-corrected chi connectivity index (χ0v) is 10.5. The van der Waals surface area contributed by atoms with Gasteiger partial charge in [0.15, 0.2) is 0 Å². The smallest absolute Gasteiger partial charge is 0.122 e. The maximum absolute atomic E-state index is 9.79. The van der Waals surface area contributed by atoms with E-state index < -0.39 is 5.60 Å². The van der Waals surface area contributed by atoms with E-state index in [4.69, 9.17) is 0 Å². The van der Waals surface area contributed by atoms with Crippen molar-refractivity contribution in [2.24, 2.45) is 0 Å². The number of rotatable bonds is 2. The summed E-state index contributed by atoms with van der Waals surface area (Å²) in [5, 5.41) is 9.79. The third kappa shape index (κ3) is 3.72. The maximum Gasteiger partial charge on any atom is 0.122 e. The van der Waals surface area contributed by atoms with Crippen molar-refractivity contribution in [2.75, 3.05) is 0 Å². The minimum atomic E-state index is -0.881. The lowest BCUT2D eigenvalue weighted by molar-refractivity contribution is 0.118. The van der Waals surface area contributed by atoms with E-state index in [-0.39, 0.29) is 0 Å².